The number of nitrogens with zero attached hydrogens (tertiary/aromatic N) is 2. The quantitative estimate of drug-likeness (QED) is 0.471. The molecule has 0 spiro atoms. The summed E-state index contributed by atoms with van der Waals surface area (Å²) in [5.74, 6) is -3.38. The molecule has 1 saturated carbocycles. The molecule has 3 N–H and O–H groups in total. The maximum Gasteiger partial charge on any atom is 0.490 e. The Kier molecular flexibility index (Phi) is 10.2. The van der Waals surface area contributed by atoms with Crippen LogP contribution < -0.4 is 15.0 Å². The first kappa shape index (κ1) is 29.8. The van der Waals surface area contributed by atoms with Gasteiger partial charge in [0.25, 0.3) is 5.91 Å². The molecule has 0 aromatic heterocycles. The zero-order chi connectivity index (χ0) is 28.6. The zero-order valence-electron chi connectivity index (χ0n) is 21.5. The zero-order valence-corrected chi connectivity index (χ0v) is 21.5. The first-order valence-corrected chi connectivity index (χ1v) is 12.6. The van der Waals surface area contributed by atoms with Gasteiger partial charge in [0, 0.05) is 37.8 Å². The van der Waals surface area contributed by atoms with Gasteiger partial charge >= 0.3 is 18.1 Å². The molecule has 1 aliphatic heterocycles. The van der Waals surface area contributed by atoms with Gasteiger partial charge in [0.15, 0.2) is 0 Å². The van der Waals surface area contributed by atoms with E-state index in [2.05, 4.69) is 15.1 Å². The highest BCUT2D eigenvalue weighted by molar-refractivity contribution is 6.06. The van der Waals surface area contributed by atoms with Crippen LogP contribution >= 0.6 is 0 Å². The molecule has 39 heavy (non-hydrogen) atoms. The van der Waals surface area contributed by atoms with E-state index in [1.54, 1.807) is 43.5 Å². The van der Waals surface area contributed by atoms with Crippen molar-refractivity contribution < 1.29 is 42.5 Å². The number of methoxy groups -OCH3 is 1. The third kappa shape index (κ3) is 8.34. The number of carbonyl (C=O) groups excluding carboxylic acids is 1. The number of rotatable bonds is 6. The molecule has 212 valence electrons. The van der Waals surface area contributed by atoms with Crippen LogP contribution in [0.15, 0.2) is 42.5 Å². The fourth-order valence-corrected chi connectivity index (χ4v) is 4.76. The highest BCUT2D eigenvalue weighted by Crippen LogP contribution is 2.31. The highest BCUT2D eigenvalue weighted by atomic mass is 19.4. The Labute approximate surface area is 224 Å². The number of hydrogen-bond donors (Lipinski definition) is 3. The fourth-order valence-electron chi connectivity index (χ4n) is 4.76. The van der Waals surface area contributed by atoms with Crippen LogP contribution in [0.1, 0.15) is 52.8 Å². The number of nitrogens with one attached hydrogen (secondary N) is 1. The molecule has 2 aromatic rings. The number of benzene rings is 2. The van der Waals surface area contributed by atoms with Crippen LogP contribution in [0.4, 0.5) is 24.5 Å². The lowest BCUT2D eigenvalue weighted by Crippen LogP contribution is -2.51. The number of aliphatic carboxylic acids is 1. The van der Waals surface area contributed by atoms with Crippen LogP contribution in [0.2, 0.25) is 0 Å². The van der Waals surface area contributed by atoms with Gasteiger partial charge in [0.2, 0.25) is 0 Å². The number of piperazine rings is 1. The number of carboxylic acid groups (broad SMARTS) is 2. The van der Waals surface area contributed by atoms with Crippen molar-refractivity contribution in [2.45, 2.75) is 44.3 Å². The van der Waals surface area contributed by atoms with Crippen molar-refractivity contribution in [3.8, 4) is 5.75 Å². The van der Waals surface area contributed by atoms with Crippen LogP contribution in [-0.4, -0.2) is 78.5 Å². The maximum absolute atomic E-state index is 12.9. The van der Waals surface area contributed by atoms with Crippen molar-refractivity contribution in [2.24, 2.45) is 0 Å². The van der Waals surface area contributed by atoms with E-state index in [9.17, 15) is 27.9 Å². The van der Waals surface area contributed by atoms with Gasteiger partial charge in [0.05, 0.1) is 24.0 Å². The summed E-state index contributed by atoms with van der Waals surface area (Å²) in [4.78, 5) is 38.1. The number of hydrogen-bond acceptors (Lipinski definition) is 6. The van der Waals surface area contributed by atoms with Crippen molar-refractivity contribution in [1.29, 1.82) is 0 Å². The highest BCUT2D eigenvalue weighted by Gasteiger charge is 2.38. The normalized spacial score (nSPS) is 16.6. The second-order valence-corrected chi connectivity index (χ2v) is 9.34. The molecule has 2 fully saturated rings. The van der Waals surface area contributed by atoms with Gasteiger partial charge in [-0.25, -0.2) is 9.59 Å². The van der Waals surface area contributed by atoms with Gasteiger partial charge in [0.1, 0.15) is 5.75 Å². The Morgan fingerprint density at radius 1 is 0.897 bits per heavy atom. The van der Waals surface area contributed by atoms with Gasteiger partial charge in [-0.1, -0.05) is 19.3 Å². The monoisotopic (exact) mass is 551 g/mol. The lowest BCUT2D eigenvalue weighted by atomic mass is 9.94. The van der Waals surface area contributed by atoms with Gasteiger partial charge in [-0.2, -0.15) is 13.2 Å². The number of amides is 1. The Balaban J connectivity index is 0.000000532. The third-order valence-electron chi connectivity index (χ3n) is 6.83. The number of ether oxygens (including phenoxy) is 1. The average Bonchev–Trinajstić information content (AvgIpc) is 2.93. The second kappa shape index (κ2) is 13.3. The van der Waals surface area contributed by atoms with E-state index < -0.39 is 18.1 Å². The summed E-state index contributed by atoms with van der Waals surface area (Å²) in [6.07, 6.45) is 1.49. The van der Waals surface area contributed by atoms with E-state index >= 15 is 0 Å². The van der Waals surface area contributed by atoms with Crippen LogP contribution in [0.25, 0.3) is 0 Å². The van der Waals surface area contributed by atoms with Crippen LogP contribution in [-0.2, 0) is 4.79 Å². The van der Waals surface area contributed by atoms with Crippen molar-refractivity contribution in [3.05, 3.63) is 53.6 Å². The number of carbonyl (C=O) groups is 3. The van der Waals surface area contributed by atoms with Crippen LogP contribution in [0, 0.1) is 0 Å². The molecular formula is C27H32F3N3O6. The summed E-state index contributed by atoms with van der Waals surface area (Å²) < 4.78 is 36.9. The first-order chi connectivity index (χ1) is 18.5. The smallest absolute Gasteiger partial charge is 0.490 e. The number of alkyl halides is 3. The molecule has 0 radical (unpaired) electrons. The summed E-state index contributed by atoms with van der Waals surface area (Å²) in [6.45, 7) is 3.68. The molecule has 1 amide bonds. The first-order valence-electron chi connectivity index (χ1n) is 12.6. The SMILES string of the molecule is COc1ccc(C(=O)Nc2cc(C(=O)O)ccc2N2CCN(C3CCCCC3)CC2)cc1.O=C(O)C(F)(F)F. The molecular weight excluding hydrogens is 519 g/mol. The molecule has 1 saturated heterocycles. The largest absolute Gasteiger partial charge is 0.497 e. The minimum absolute atomic E-state index is 0.152. The molecule has 0 unspecified atom stereocenters. The Morgan fingerprint density at radius 2 is 1.46 bits per heavy atom. The van der Waals surface area contributed by atoms with E-state index in [-0.39, 0.29) is 11.5 Å². The van der Waals surface area contributed by atoms with E-state index in [4.69, 9.17) is 14.6 Å². The lowest BCUT2D eigenvalue weighted by molar-refractivity contribution is -0.192. The number of aromatic carboxylic acids is 1. The van der Waals surface area contributed by atoms with Gasteiger partial charge < -0.3 is 25.2 Å². The molecule has 0 bridgehead atoms. The summed E-state index contributed by atoms with van der Waals surface area (Å²) in [6, 6.07) is 12.5. The Morgan fingerprint density at radius 3 is 1.97 bits per heavy atom. The Bertz CT molecular complexity index is 1140. The summed E-state index contributed by atoms with van der Waals surface area (Å²) >= 11 is 0. The minimum atomic E-state index is -5.08. The van der Waals surface area contributed by atoms with Gasteiger partial charge in [-0.05, 0) is 55.3 Å². The molecule has 2 aromatic carbocycles. The van der Waals surface area contributed by atoms with Crippen LogP contribution in [0.3, 0.4) is 0 Å². The molecule has 9 nitrogen and oxygen atoms in total. The molecule has 1 heterocycles. The second-order valence-electron chi connectivity index (χ2n) is 9.34. The number of halogens is 3. The van der Waals surface area contributed by atoms with E-state index in [0.717, 1.165) is 31.9 Å². The summed E-state index contributed by atoms with van der Waals surface area (Å²) in [5, 5.41) is 19.5. The lowest BCUT2D eigenvalue weighted by Gasteiger charge is -2.42. The summed E-state index contributed by atoms with van der Waals surface area (Å²) in [5.41, 5.74) is 2.02. The van der Waals surface area contributed by atoms with Crippen molar-refractivity contribution in [2.75, 3.05) is 43.5 Å². The van der Waals surface area contributed by atoms with E-state index in [0.29, 0.717) is 23.0 Å². The fraction of sp³-hybridized carbons (Fsp3) is 0.444. The third-order valence-corrected chi connectivity index (χ3v) is 6.83. The molecule has 0 atom stereocenters. The predicted octanol–water partition coefficient (Wildman–Crippen LogP) is 4.73. The van der Waals surface area contributed by atoms with Gasteiger partial charge in [-0.3, -0.25) is 9.69 Å². The van der Waals surface area contributed by atoms with Crippen molar-refractivity contribution in [3.63, 3.8) is 0 Å². The molecule has 12 heteroatoms. The van der Waals surface area contributed by atoms with Gasteiger partial charge in [-0.15, -0.1) is 0 Å². The molecule has 2 aliphatic rings. The Hall–Kier alpha value is -3.80. The van der Waals surface area contributed by atoms with E-state index in [1.165, 1.54) is 32.1 Å². The molecule has 1 aliphatic carbocycles. The standard InChI is InChI=1S/C25H31N3O4.C2HF3O2/c1-32-21-10-7-18(8-11-21)24(29)26-22-17-19(25(30)31)9-12-23(22)28-15-13-27(14-16-28)20-5-3-2-4-6-20;3-2(4,5)1(6)7/h7-12,17,20H,2-6,13-16H2,1H3,(H,26,29)(H,30,31);(H,6,7). The summed E-state index contributed by atoms with van der Waals surface area (Å²) in [7, 11) is 1.58. The average molecular weight is 552 g/mol. The van der Waals surface area contributed by atoms with E-state index in [1.807, 2.05) is 6.07 Å². The maximum atomic E-state index is 12.9. The minimum Gasteiger partial charge on any atom is -0.497 e. The number of anilines is 2. The van der Waals surface area contributed by atoms with Crippen LogP contribution in [0.5, 0.6) is 5.75 Å². The molecule has 4 rings (SSSR count). The van der Waals surface area contributed by atoms with Crippen molar-refractivity contribution >= 4 is 29.2 Å². The topological polar surface area (TPSA) is 119 Å². The predicted molar refractivity (Wildman–Crippen MR) is 139 cm³/mol. The number of carboxylic acids is 2. The van der Waals surface area contributed by atoms with Crippen molar-refractivity contribution in [1.82, 2.24) is 4.90 Å².